The Morgan fingerprint density at radius 2 is 1.93 bits per heavy atom. The standard InChI is InChI=1S/C10H16O4/c1-7(2)10(12)13-6-5-9(11)14-8(3)4/h8H,1,5-6H2,2-4H3. The Balaban J connectivity index is 3.59. The zero-order valence-corrected chi connectivity index (χ0v) is 8.83. The molecule has 0 amide bonds. The predicted octanol–water partition coefficient (Wildman–Crippen LogP) is 1.45. The molecule has 0 unspecified atom stereocenters. The lowest BCUT2D eigenvalue weighted by molar-refractivity contribution is -0.150. The Bertz CT molecular complexity index is 230. The van der Waals surface area contributed by atoms with Gasteiger partial charge in [0, 0.05) is 5.57 Å². The van der Waals surface area contributed by atoms with Gasteiger partial charge in [-0.25, -0.2) is 4.79 Å². The second-order valence-electron chi connectivity index (χ2n) is 3.20. The molecule has 0 saturated heterocycles. The van der Waals surface area contributed by atoms with E-state index >= 15 is 0 Å². The van der Waals surface area contributed by atoms with Gasteiger partial charge in [0.15, 0.2) is 0 Å². The second-order valence-corrected chi connectivity index (χ2v) is 3.20. The third-order valence-corrected chi connectivity index (χ3v) is 1.25. The first-order chi connectivity index (χ1) is 6.43. The molecule has 0 fully saturated rings. The number of rotatable bonds is 5. The molecule has 0 aromatic rings. The lowest BCUT2D eigenvalue weighted by atomic mass is 10.3. The van der Waals surface area contributed by atoms with Crippen LogP contribution in [0, 0.1) is 0 Å². The average molecular weight is 200 g/mol. The maximum absolute atomic E-state index is 11.0. The maximum Gasteiger partial charge on any atom is 0.333 e. The molecule has 0 saturated carbocycles. The number of carbonyl (C=O) groups excluding carboxylic acids is 2. The van der Waals surface area contributed by atoms with Crippen LogP contribution in [0.3, 0.4) is 0 Å². The Morgan fingerprint density at radius 3 is 2.36 bits per heavy atom. The van der Waals surface area contributed by atoms with Crippen molar-refractivity contribution < 1.29 is 19.1 Å². The number of carbonyl (C=O) groups is 2. The molecular weight excluding hydrogens is 184 g/mol. The molecule has 80 valence electrons. The molecule has 0 aromatic heterocycles. The Hall–Kier alpha value is -1.32. The van der Waals surface area contributed by atoms with Crippen LogP contribution in [0.5, 0.6) is 0 Å². The summed E-state index contributed by atoms with van der Waals surface area (Å²) in [6.45, 7) is 8.52. The van der Waals surface area contributed by atoms with Gasteiger partial charge in [-0.1, -0.05) is 6.58 Å². The highest BCUT2D eigenvalue weighted by Crippen LogP contribution is 1.96. The fourth-order valence-electron chi connectivity index (χ4n) is 0.672. The summed E-state index contributed by atoms with van der Waals surface area (Å²) >= 11 is 0. The normalized spacial score (nSPS) is 9.71. The summed E-state index contributed by atoms with van der Waals surface area (Å²) < 4.78 is 9.56. The summed E-state index contributed by atoms with van der Waals surface area (Å²) in [5, 5.41) is 0. The molecule has 0 aliphatic rings. The Labute approximate surface area is 83.9 Å². The molecule has 0 atom stereocenters. The van der Waals surface area contributed by atoms with Crippen LogP contribution < -0.4 is 0 Å². The Kier molecular flexibility index (Phi) is 5.60. The van der Waals surface area contributed by atoms with E-state index < -0.39 is 5.97 Å². The van der Waals surface area contributed by atoms with Crippen molar-refractivity contribution in [1.82, 2.24) is 0 Å². The largest absolute Gasteiger partial charge is 0.463 e. The number of ether oxygens (including phenoxy) is 2. The third-order valence-electron chi connectivity index (χ3n) is 1.25. The fraction of sp³-hybridized carbons (Fsp3) is 0.600. The number of esters is 2. The quantitative estimate of drug-likeness (QED) is 0.498. The van der Waals surface area contributed by atoms with Gasteiger partial charge in [-0.05, 0) is 20.8 Å². The van der Waals surface area contributed by atoms with Gasteiger partial charge in [-0.2, -0.15) is 0 Å². The van der Waals surface area contributed by atoms with Gasteiger partial charge in [-0.15, -0.1) is 0 Å². The molecule has 4 heteroatoms. The molecule has 0 aromatic carbocycles. The topological polar surface area (TPSA) is 52.6 Å². The molecule has 0 heterocycles. The minimum Gasteiger partial charge on any atom is -0.463 e. The molecule has 0 rings (SSSR count). The van der Waals surface area contributed by atoms with Crippen molar-refractivity contribution in [2.24, 2.45) is 0 Å². The van der Waals surface area contributed by atoms with E-state index in [1.165, 1.54) is 0 Å². The molecule has 0 aliphatic heterocycles. The average Bonchev–Trinajstić information content (AvgIpc) is 2.02. The van der Waals surface area contributed by atoms with Crippen molar-refractivity contribution in [1.29, 1.82) is 0 Å². The van der Waals surface area contributed by atoms with Crippen molar-refractivity contribution in [3.63, 3.8) is 0 Å². The lowest BCUT2D eigenvalue weighted by Crippen LogP contribution is -2.15. The smallest absolute Gasteiger partial charge is 0.333 e. The zero-order chi connectivity index (χ0) is 11.1. The minimum atomic E-state index is -0.484. The van der Waals surface area contributed by atoms with E-state index in [0.29, 0.717) is 5.57 Å². The summed E-state index contributed by atoms with van der Waals surface area (Å²) in [7, 11) is 0. The van der Waals surface area contributed by atoms with Gasteiger partial charge >= 0.3 is 11.9 Å². The predicted molar refractivity (Wildman–Crippen MR) is 51.6 cm³/mol. The van der Waals surface area contributed by atoms with Crippen molar-refractivity contribution in [2.75, 3.05) is 6.61 Å². The molecule has 0 aliphatic carbocycles. The van der Waals surface area contributed by atoms with Crippen LogP contribution in [0.25, 0.3) is 0 Å². The summed E-state index contributed by atoms with van der Waals surface area (Å²) in [6.07, 6.45) is -0.0589. The van der Waals surface area contributed by atoms with E-state index in [0.717, 1.165) is 0 Å². The van der Waals surface area contributed by atoms with Gasteiger partial charge in [0.2, 0.25) is 0 Å². The number of hydrogen-bond donors (Lipinski definition) is 0. The highest BCUT2D eigenvalue weighted by molar-refractivity contribution is 5.87. The molecule has 14 heavy (non-hydrogen) atoms. The van der Waals surface area contributed by atoms with E-state index in [1.807, 2.05) is 0 Å². The summed E-state index contributed by atoms with van der Waals surface area (Å²) in [4.78, 5) is 21.8. The second kappa shape index (κ2) is 6.18. The first-order valence-electron chi connectivity index (χ1n) is 4.45. The van der Waals surface area contributed by atoms with Gasteiger partial charge in [0.05, 0.1) is 12.5 Å². The van der Waals surface area contributed by atoms with Crippen molar-refractivity contribution in [3.05, 3.63) is 12.2 Å². The van der Waals surface area contributed by atoms with E-state index in [1.54, 1.807) is 20.8 Å². The van der Waals surface area contributed by atoms with Crippen LogP contribution in [0.1, 0.15) is 27.2 Å². The molecule has 0 radical (unpaired) electrons. The van der Waals surface area contributed by atoms with Crippen molar-refractivity contribution in [3.8, 4) is 0 Å². The first kappa shape index (κ1) is 12.7. The van der Waals surface area contributed by atoms with Crippen LogP contribution in [0.4, 0.5) is 0 Å². The van der Waals surface area contributed by atoms with Crippen molar-refractivity contribution in [2.45, 2.75) is 33.3 Å². The minimum absolute atomic E-state index is 0.0389. The summed E-state index contributed by atoms with van der Waals surface area (Å²) in [5.74, 6) is -0.850. The Morgan fingerprint density at radius 1 is 1.36 bits per heavy atom. The SMILES string of the molecule is C=C(C)C(=O)OCCC(=O)OC(C)C. The highest BCUT2D eigenvalue weighted by Gasteiger charge is 2.08. The highest BCUT2D eigenvalue weighted by atomic mass is 16.6. The molecular formula is C10H16O4. The van der Waals surface area contributed by atoms with Crippen LogP contribution in [0.2, 0.25) is 0 Å². The van der Waals surface area contributed by atoms with E-state index in [-0.39, 0.29) is 25.1 Å². The van der Waals surface area contributed by atoms with E-state index in [9.17, 15) is 9.59 Å². The van der Waals surface area contributed by atoms with Gasteiger partial charge in [0.25, 0.3) is 0 Å². The lowest BCUT2D eigenvalue weighted by Gasteiger charge is -2.07. The maximum atomic E-state index is 11.0. The van der Waals surface area contributed by atoms with Crippen molar-refractivity contribution >= 4 is 11.9 Å². The molecule has 0 spiro atoms. The van der Waals surface area contributed by atoms with Crippen LogP contribution in [0.15, 0.2) is 12.2 Å². The third kappa shape index (κ3) is 6.22. The van der Waals surface area contributed by atoms with Crippen LogP contribution >= 0.6 is 0 Å². The monoisotopic (exact) mass is 200 g/mol. The van der Waals surface area contributed by atoms with Crippen LogP contribution in [-0.4, -0.2) is 24.6 Å². The molecule has 0 bridgehead atoms. The zero-order valence-electron chi connectivity index (χ0n) is 8.83. The number of hydrogen-bond acceptors (Lipinski definition) is 4. The van der Waals surface area contributed by atoms with Gasteiger partial charge in [0.1, 0.15) is 6.61 Å². The van der Waals surface area contributed by atoms with E-state index in [4.69, 9.17) is 9.47 Å². The van der Waals surface area contributed by atoms with Gasteiger partial charge in [-0.3, -0.25) is 4.79 Å². The van der Waals surface area contributed by atoms with Gasteiger partial charge < -0.3 is 9.47 Å². The van der Waals surface area contributed by atoms with E-state index in [2.05, 4.69) is 6.58 Å². The van der Waals surface area contributed by atoms with Crippen LogP contribution in [-0.2, 0) is 19.1 Å². The molecule has 0 N–H and O–H groups in total. The molecule has 4 nitrogen and oxygen atoms in total. The fourth-order valence-corrected chi connectivity index (χ4v) is 0.672. The summed E-state index contributed by atoms with van der Waals surface area (Å²) in [5.41, 5.74) is 0.322. The first-order valence-corrected chi connectivity index (χ1v) is 4.45. The summed E-state index contributed by atoms with van der Waals surface area (Å²) in [6, 6.07) is 0.